The molecule has 124 valence electrons. The van der Waals surface area contributed by atoms with Crippen molar-refractivity contribution in [3.63, 3.8) is 0 Å². The van der Waals surface area contributed by atoms with Crippen LogP contribution in [0.2, 0.25) is 0 Å². The Bertz CT molecular complexity index is 741. The Balaban J connectivity index is 0.00000169. The zero-order chi connectivity index (χ0) is 15.5. The van der Waals surface area contributed by atoms with E-state index in [1.807, 2.05) is 11.8 Å². The van der Waals surface area contributed by atoms with Gasteiger partial charge < -0.3 is 4.90 Å². The van der Waals surface area contributed by atoms with Gasteiger partial charge in [0.25, 0.3) is 0 Å². The quantitative estimate of drug-likeness (QED) is 0.687. The second kappa shape index (κ2) is 8.04. The van der Waals surface area contributed by atoms with Gasteiger partial charge in [-0.25, -0.2) is 0 Å². The van der Waals surface area contributed by atoms with Crippen molar-refractivity contribution < 1.29 is 0 Å². The Morgan fingerprint density at radius 3 is 2.38 bits per heavy atom. The first-order valence-corrected chi connectivity index (χ1v) is 9.06. The molecule has 2 nitrogen and oxygen atoms in total. The van der Waals surface area contributed by atoms with Gasteiger partial charge in [0.15, 0.2) is 5.17 Å². The summed E-state index contributed by atoms with van der Waals surface area (Å²) < 4.78 is 0. The standard InChI is InChI=1S/C20H20N2S.BrH/c1-3-9-16(10-4-1)15-18-19(17-11-5-2-6-12-17)23-20-21-13-7-8-14-22(18)20;/h1-6,9-12H,7-8,13-15H2;1H. The molecule has 24 heavy (non-hydrogen) atoms. The number of hydrogen-bond donors (Lipinski definition) is 0. The van der Waals surface area contributed by atoms with Gasteiger partial charge in [0.05, 0.1) is 0 Å². The number of amidine groups is 1. The number of aliphatic imine (C=N–C) groups is 1. The van der Waals surface area contributed by atoms with Crippen LogP contribution in [0.15, 0.2) is 71.4 Å². The summed E-state index contributed by atoms with van der Waals surface area (Å²) in [5, 5.41) is 1.19. The molecule has 4 rings (SSSR count). The van der Waals surface area contributed by atoms with Crippen LogP contribution in [0.4, 0.5) is 0 Å². The largest absolute Gasteiger partial charge is 0.323 e. The van der Waals surface area contributed by atoms with E-state index >= 15 is 0 Å². The van der Waals surface area contributed by atoms with Gasteiger partial charge in [0.1, 0.15) is 0 Å². The molecule has 0 N–H and O–H groups in total. The number of hydrogen-bond acceptors (Lipinski definition) is 3. The topological polar surface area (TPSA) is 15.6 Å². The third-order valence-corrected chi connectivity index (χ3v) is 5.51. The summed E-state index contributed by atoms with van der Waals surface area (Å²) in [6, 6.07) is 21.5. The third-order valence-electron chi connectivity index (χ3n) is 4.30. The fourth-order valence-corrected chi connectivity index (χ4v) is 4.33. The fraction of sp³-hybridized carbons (Fsp3) is 0.250. The lowest BCUT2D eigenvalue weighted by molar-refractivity contribution is 0.505. The predicted octanol–water partition coefficient (Wildman–Crippen LogP) is 5.37. The van der Waals surface area contributed by atoms with E-state index in [1.54, 1.807) is 0 Å². The summed E-state index contributed by atoms with van der Waals surface area (Å²) in [5.74, 6) is 0. The van der Waals surface area contributed by atoms with Crippen molar-refractivity contribution in [3.05, 3.63) is 77.5 Å². The van der Waals surface area contributed by atoms with Gasteiger partial charge in [-0.2, -0.15) is 0 Å². The van der Waals surface area contributed by atoms with Crippen molar-refractivity contribution in [2.75, 3.05) is 13.1 Å². The summed E-state index contributed by atoms with van der Waals surface area (Å²) in [7, 11) is 0. The Kier molecular flexibility index (Phi) is 5.80. The minimum Gasteiger partial charge on any atom is -0.323 e. The van der Waals surface area contributed by atoms with Gasteiger partial charge in [0, 0.05) is 30.1 Å². The second-order valence-corrected chi connectivity index (χ2v) is 6.91. The number of fused-ring (bicyclic) bond motifs is 1. The second-order valence-electron chi connectivity index (χ2n) is 5.93. The van der Waals surface area contributed by atoms with Crippen molar-refractivity contribution in [3.8, 4) is 0 Å². The van der Waals surface area contributed by atoms with Crippen molar-refractivity contribution in [1.82, 2.24) is 4.90 Å². The zero-order valence-electron chi connectivity index (χ0n) is 13.5. The van der Waals surface area contributed by atoms with Crippen molar-refractivity contribution >= 4 is 38.8 Å². The van der Waals surface area contributed by atoms with Gasteiger partial charge >= 0.3 is 0 Å². The van der Waals surface area contributed by atoms with Crippen LogP contribution in [0.1, 0.15) is 24.0 Å². The highest BCUT2D eigenvalue weighted by molar-refractivity contribution is 8.93. The zero-order valence-corrected chi connectivity index (χ0v) is 16.0. The Morgan fingerprint density at radius 2 is 1.62 bits per heavy atom. The molecule has 0 unspecified atom stereocenters. The first-order valence-electron chi connectivity index (χ1n) is 8.24. The van der Waals surface area contributed by atoms with Gasteiger partial charge in [-0.3, -0.25) is 4.99 Å². The van der Waals surface area contributed by atoms with E-state index in [-0.39, 0.29) is 17.0 Å². The highest BCUT2D eigenvalue weighted by atomic mass is 79.9. The SMILES string of the molecule is Br.c1ccc(CC2=C(c3ccccc3)SC3=NCCCCN32)cc1. The summed E-state index contributed by atoms with van der Waals surface area (Å²) in [6.07, 6.45) is 3.38. The van der Waals surface area contributed by atoms with Crippen LogP contribution in [0.5, 0.6) is 0 Å². The van der Waals surface area contributed by atoms with Gasteiger partial charge in [-0.15, -0.1) is 17.0 Å². The minimum atomic E-state index is 0. The van der Waals surface area contributed by atoms with Crippen LogP contribution in [-0.2, 0) is 6.42 Å². The summed E-state index contributed by atoms with van der Waals surface area (Å²) in [5.41, 5.74) is 4.08. The molecule has 0 amide bonds. The van der Waals surface area contributed by atoms with Crippen LogP contribution in [0.3, 0.4) is 0 Å². The average molecular weight is 401 g/mol. The molecule has 0 aromatic heterocycles. The van der Waals surface area contributed by atoms with E-state index in [0.29, 0.717) is 0 Å². The molecule has 0 spiro atoms. The van der Waals surface area contributed by atoms with E-state index in [1.165, 1.54) is 39.7 Å². The molecule has 2 aromatic carbocycles. The highest BCUT2D eigenvalue weighted by Crippen LogP contribution is 2.43. The molecule has 2 aromatic rings. The molecule has 0 radical (unpaired) electrons. The Labute approximate surface area is 158 Å². The molecule has 2 aliphatic rings. The van der Waals surface area contributed by atoms with E-state index in [0.717, 1.165) is 19.5 Å². The highest BCUT2D eigenvalue weighted by Gasteiger charge is 2.30. The predicted molar refractivity (Wildman–Crippen MR) is 110 cm³/mol. The number of benzene rings is 2. The lowest BCUT2D eigenvalue weighted by atomic mass is 10.1. The molecule has 4 heteroatoms. The summed E-state index contributed by atoms with van der Waals surface area (Å²) >= 11 is 1.84. The third kappa shape index (κ3) is 3.60. The number of nitrogens with zero attached hydrogens (tertiary/aromatic N) is 2. The Hall–Kier alpha value is -1.52. The van der Waals surface area contributed by atoms with Crippen LogP contribution < -0.4 is 0 Å². The van der Waals surface area contributed by atoms with Gasteiger partial charge in [-0.05, 0) is 35.7 Å². The van der Waals surface area contributed by atoms with Gasteiger partial charge in [0.2, 0.25) is 0 Å². The molecule has 0 bridgehead atoms. The number of rotatable bonds is 3. The lowest BCUT2D eigenvalue weighted by Gasteiger charge is -2.21. The van der Waals surface area contributed by atoms with Crippen LogP contribution in [0, 0.1) is 0 Å². The fourth-order valence-electron chi connectivity index (χ4n) is 3.13. The summed E-state index contributed by atoms with van der Waals surface area (Å²) in [6.45, 7) is 2.05. The van der Waals surface area contributed by atoms with E-state index in [9.17, 15) is 0 Å². The van der Waals surface area contributed by atoms with Crippen LogP contribution >= 0.6 is 28.7 Å². The molecule has 0 aliphatic carbocycles. The molecule has 2 heterocycles. The molecular formula is C20H21BrN2S. The molecule has 0 atom stereocenters. The van der Waals surface area contributed by atoms with E-state index < -0.39 is 0 Å². The first-order chi connectivity index (χ1) is 11.4. The lowest BCUT2D eigenvalue weighted by Crippen LogP contribution is -2.25. The maximum Gasteiger partial charge on any atom is 0.168 e. The van der Waals surface area contributed by atoms with Crippen LogP contribution in [0.25, 0.3) is 4.91 Å². The maximum atomic E-state index is 4.82. The summed E-state index contributed by atoms with van der Waals surface area (Å²) in [4.78, 5) is 8.64. The monoisotopic (exact) mass is 400 g/mol. The number of halogens is 1. The first kappa shape index (κ1) is 17.3. The van der Waals surface area contributed by atoms with Crippen molar-refractivity contribution in [1.29, 1.82) is 0 Å². The molecule has 2 aliphatic heterocycles. The van der Waals surface area contributed by atoms with Crippen molar-refractivity contribution in [2.24, 2.45) is 4.99 Å². The molecular weight excluding hydrogens is 380 g/mol. The maximum absolute atomic E-state index is 4.82. The minimum absolute atomic E-state index is 0. The van der Waals surface area contributed by atoms with Crippen LogP contribution in [-0.4, -0.2) is 23.2 Å². The number of thioether (sulfide) groups is 1. The van der Waals surface area contributed by atoms with Gasteiger partial charge in [-0.1, -0.05) is 60.7 Å². The Morgan fingerprint density at radius 1 is 0.917 bits per heavy atom. The van der Waals surface area contributed by atoms with E-state index in [2.05, 4.69) is 65.6 Å². The van der Waals surface area contributed by atoms with Crippen molar-refractivity contribution in [2.45, 2.75) is 19.3 Å². The number of allylic oxidation sites excluding steroid dienone is 1. The average Bonchev–Trinajstić information content (AvgIpc) is 2.79. The molecule has 0 saturated carbocycles. The normalized spacial score (nSPS) is 17.0. The molecule has 0 fully saturated rings. The van der Waals surface area contributed by atoms with E-state index in [4.69, 9.17) is 4.99 Å². The smallest absolute Gasteiger partial charge is 0.168 e. The molecule has 0 saturated heterocycles.